The standard InChI is InChI=1S/C23H28N4O2/c1-2-24-23(29)26-20-9-5-17(6-10-20)16-3-7-19(8-4-16)25-22(28)21-15-27-13-11-18(21)12-14-27/h3-10,18,21H,2,11-15H2,1H3,(H,25,28)(H2,24,26,29)/t21-/m0/s1. The Balaban J connectivity index is 1.36. The van der Waals surface area contributed by atoms with Crippen LogP contribution in [0, 0.1) is 11.8 Å². The lowest BCUT2D eigenvalue weighted by atomic mass is 9.78. The number of benzene rings is 2. The lowest BCUT2D eigenvalue weighted by Gasteiger charge is -2.43. The minimum atomic E-state index is -0.205. The van der Waals surface area contributed by atoms with Gasteiger partial charge < -0.3 is 20.9 Å². The fourth-order valence-electron chi connectivity index (χ4n) is 4.32. The fraction of sp³-hybridized carbons (Fsp3) is 0.391. The Labute approximate surface area is 171 Å². The Morgan fingerprint density at radius 3 is 1.93 bits per heavy atom. The number of anilines is 2. The van der Waals surface area contributed by atoms with E-state index in [1.807, 2.05) is 55.5 Å². The second-order valence-electron chi connectivity index (χ2n) is 7.87. The molecule has 29 heavy (non-hydrogen) atoms. The minimum absolute atomic E-state index is 0.113. The molecule has 152 valence electrons. The van der Waals surface area contributed by atoms with Crippen LogP contribution in [0.15, 0.2) is 48.5 Å². The van der Waals surface area contributed by atoms with Crippen LogP contribution in [0.5, 0.6) is 0 Å². The van der Waals surface area contributed by atoms with Crippen molar-refractivity contribution in [2.24, 2.45) is 11.8 Å². The SMILES string of the molecule is CCNC(=O)Nc1ccc(-c2ccc(NC(=O)[C@H]3CN4CCC3CC4)cc2)cc1. The van der Waals surface area contributed by atoms with E-state index in [1.54, 1.807) is 0 Å². The number of urea groups is 1. The molecule has 3 aliphatic heterocycles. The van der Waals surface area contributed by atoms with Gasteiger partial charge in [-0.15, -0.1) is 0 Å². The third-order valence-electron chi connectivity index (χ3n) is 5.96. The average Bonchev–Trinajstić information content (AvgIpc) is 2.76. The van der Waals surface area contributed by atoms with Crippen molar-refractivity contribution in [2.45, 2.75) is 19.8 Å². The van der Waals surface area contributed by atoms with Crippen molar-refractivity contribution in [1.82, 2.24) is 10.2 Å². The summed E-state index contributed by atoms with van der Waals surface area (Å²) in [5.74, 6) is 0.792. The highest BCUT2D eigenvalue weighted by Gasteiger charge is 2.38. The normalized spacial score (nSPS) is 22.7. The van der Waals surface area contributed by atoms with Gasteiger partial charge in [-0.05, 0) is 74.2 Å². The molecule has 3 heterocycles. The number of amides is 3. The topological polar surface area (TPSA) is 73.5 Å². The largest absolute Gasteiger partial charge is 0.338 e. The van der Waals surface area contributed by atoms with Gasteiger partial charge in [0.05, 0.1) is 5.92 Å². The van der Waals surface area contributed by atoms with E-state index in [1.165, 1.54) is 0 Å². The van der Waals surface area contributed by atoms with Crippen LogP contribution in [0.1, 0.15) is 19.8 Å². The van der Waals surface area contributed by atoms with Crippen molar-refractivity contribution < 1.29 is 9.59 Å². The summed E-state index contributed by atoms with van der Waals surface area (Å²) in [5.41, 5.74) is 3.71. The molecule has 6 heteroatoms. The van der Waals surface area contributed by atoms with Crippen LogP contribution in [-0.4, -0.2) is 43.0 Å². The number of nitrogens with one attached hydrogen (secondary N) is 3. The summed E-state index contributed by atoms with van der Waals surface area (Å²) in [4.78, 5) is 26.7. The van der Waals surface area contributed by atoms with Gasteiger partial charge in [0.2, 0.25) is 5.91 Å². The van der Waals surface area contributed by atoms with Gasteiger partial charge in [0.15, 0.2) is 0 Å². The molecule has 2 aromatic carbocycles. The molecule has 6 nitrogen and oxygen atoms in total. The Bertz CT molecular complexity index is 855. The molecule has 3 aliphatic rings. The van der Waals surface area contributed by atoms with Gasteiger partial charge in [-0.1, -0.05) is 24.3 Å². The summed E-state index contributed by atoms with van der Waals surface area (Å²) in [6.07, 6.45) is 2.28. The Morgan fingerprint density at radius 1 is 0.897 bits per heavy atom. The molecule has 1 atom stereocenters. The molecule has 2 aromatic rings. The quantitative estimate of drug-likeness (QED) is 0.725. The first kappa shape index (κ1) is 19.5. The summed E-state index contributed by atoms with van der Waals surface area (Å²) in [6, 6.07) is 15.4. The number of rotatable bonds is 5. The monoisotopic (exact) mass is 392 g/mol. The van der Waals surface area contributed by atoms with Crippen molar-refractivity contribution in [1.29, 1.82) is 0 Å². The number of hydrogen-bond donors (Lipinski definition) is 3. The van der Waals surface area contributed by atoms with Gasteiger partial charge in [0, 0.05) is 24.5 Å². The number of carbonyl (C=O) groups excluding carboxylic acids is 2. The summed E-state index contributed by atoms with van der Waals surface area (Å²) >= 11 is 0. The molecule has 3 fully saturated rings. The average molecular weight is 393 g/mol. The maximum absolute atomic E-state index is 12.7. The highest BCUT2D eigenvalue weighted by molar-refractivity contribution is 5.93. The van der Waals surface area contributed by atoms with Crippen LogP contribution in [0.25, 0.3) is 11.1 Å². The molecular formula is C23H28N4O2. The van der Waals surface area contributed by atoms with Gasteiger partial charge >= 0.3 is 6.03 Å². The highest BCUT2D eigenvalue weighted by atomic mass is 16.2. The molecule has 2 bridgehead atoms. The summed E-state index contributed by atoms with van der Waals surface area (Å²) in [6.45, 7) is 5.64. The third kappa shape index (κ3) is 4.59. The molecule has 0 radical (unpaired) electrons. The van der Waals surface area contributed by atoms with Gasteiger partial charge in [-0.3, -0.25) is 4.79 Å². The van der Waals surface area contributed by atoms with E-state index in [9.17, 15) is 9.59 Å². The van der Waals surface area contributed by atoms with Crippen molar-refractivity contribution >= 4 is 23.3 Å². The van der Waals surface area contributed by atoms with Gasteiger partial charge in [0.25, 0.3) is 0 Å². The van der Waals surface area contributed by atoms with E-state index in [0.717, 1.165) is 55.0 Å². The minimum Gasteiger partial charge on any atom is -0.338 e. The lowest BCUT2D eigenvalue weighted by molar-refractivity contribution is -0.125. The fourth-order valence-corrected chi connectivity index (χ4v) is 4.32. The zero-order valence-corrected chi connectivity index (χ0v) is 16.8. The third-order valence-corrected chi connectivity index (χ3v) is 5.96. The smallest absolute Gasteiger partial charge is 0.319 e. The van der Waals surface area contributed by atoms with Crippen molar-refractivity contribution in [3.63, 3.8) is 0 Å². The maximum atomic E-state index is 12.7. The summed E-state index contributed by atoms with van der Waals surface area (Å²) in [7, 11) is 0. The molecule has 3 N–H and O–H groups in total. The predicted octanol–water partition coefficient (Wildman–Crippen LogP) is 3.78. The summed E-state index contributed by atoms with van der Waals surface area (Å²) in [5, 5.41) is 8.60. The second kappa shape index (κ2) is 8.66. The van der Waals surface area contributed by atoms with E-state index >= 15 is 0 Å². The van der Waals surface area contributed by atoms with Gasteiger partial charge in [-0.2, -0.15) is 0 Å². The van der Waals surface area contributed by atoms with Crippen LogP contribution in [-0.2, 0) is 4.79 Å². The first-order valence-corrected chi connectivity index (χ1v) is 10.4. The first-order chi connectivity index (χ1) is 14.1. The van der Waals surface area contributed by atoms with Crippen molar-refractivity contribution in [3.8, 4) is 11.1 Å². The maximum Gasteiger partial charge on any atom is 0.319 e. The summed E-state index contributed by atoms with van der Waals surface area (Å²) < 4.78 is 0. The van der Waals surface area contributed by atoms with E-state index in [0.29, 0.717) is 12.5 Å². The number of piperidine rings is 3. The first-order valence-electron chi connectivity index (χ1n) is 10.4. The van der Waals surface area contributed by atoms with Crippen LogP contribution in [0.4, 0.5) is 16.2 Å². The lowest BCUT2D eigenvalue weighted by Crippen LogP contribution is -2.51. The van der Waals surface area contributed by atoms with Gasteiger partial charge in [0.1, 0.15) is 0 Å². The molecule has 0 saturated carbocycles. The Kier molecular flexibility index (Phi) is 5.81. The number of nitrogens with zero attached hydrogens (tertiary/aromatic N) is 1. The van der Waals surface area contributed by atoms with Gasteiger partial charge in [-0.25, -0.2) is 4.79 Å². The van der Waals surface area contributed by atoms with E-state index in [4.69, 9.17) is 0 Å². The van der Waals surface area contributed by atoms with Crippen molar-refractivity contribution in [2.75, 3.05) is 36.8 Å². The zero-order chi connectivity index (χ0) is 20.2. The Hall–Kier alpha value is -2.86. The molecule has 3 saturated heterocycles. The van der Waals surface area contributed by atoms with E-state index in [-0.39, 0.29) is 17.9 Å². The molecule has 0 aromatic heterocycles. The van der Waals surface area contributed by atoms with E-state index in [2.05, 4.69) is 20.9 Å². The van der Waals surface area contributed by atoms with Crippen LogP contribution in [0.3, 0.4) is 0 Å². The molecule has 0 aliphatic carbocycles. The van der Waals surface area contributed by atoms with Crippen LogP contribution >= 0.6 is 0 Å². The zero-order valence-electron chi connectivity index (χ0n) is 16.8. The van der Waals surface area contributed by atoms with Crippen LogP contribution < -0.4 is 16.0 Å². The highest BCUT2D eigenvalue weighted by Crippen LogP contribution is 2.33. The Morgan fingerprint density at radius 2 is 1.45 bits per heavy atom. The molecule has 0 unspecified atom stereocenters. The number of fused-ring (bicyclic) bond motifs is 3. The number of hydrogen-bond acceptors (Lipinski definition) is 3. The van der Waals surface area contributed by atoms with E-state index < -0.39 is 0 Å². The van der Waals surface area contributed by atoms with Crippen molar-refractivity contribution in [3.05, 3.63) is 48.5 Å². The molecule has 3 amide bonds. The molecular weight excluding hydrogens is 364 g/mol. The second-order valence-corrected chi connectivity index (χ2v) is 7.87. The van der Waals surface area contributed by atoms with Crippen LogP contribution in [0.2, 0.25) is 0 Å². The predicted molar refractivity (Wildman–Crippen MR) is 116 cm³/mol. The number of carbonyl (C=O) groups is 2. The molecule has 0 spiro atoms. The molecule has 5 rings (SSSR count).